The zero-order chi connectivity index (χ0) is 17.2. The van der Waals surface area contributed by atoms with E-state index < -0.39 is 0 Å². The highest BCUT2D eigenvalue weighted by atomic mass is 16.5. The number of rotatable bonds is 4. The lowest BCUT2D eigenvalue weighted by Gasteiger charge is -2.29. The summed E-state index contributed by atoms with van der Waals surface area (Å²) >= 11 is 0. The van der Waals surface area contributed by atoms with E-state index >= 15 is 0 Å². The van der Waals surface area contributed by atoms with Crippen LogP contribution in [0.3, 0.4) is 0 Å². The molecule has 3 heterocycles. The zero-order valence-corrected chi connectivity index (χ0v) is 14.9. The van der Waals surface area contributed by atoms with Gasteiger partial charge in [-0.3, -0.25) is 0 Å². The highest BCUT2D eigenvalue weighted by Crippen LogP contribution is 2.33. The highest BCUT2D eigenvalue weighted by molar-refractivity contribution is 5.93. The second-order valence-electron chi connectivity index (χ2n) is 6.69. The Balaban J connectivity index is 1.74. The van der Waals surface area contributed by atoms with Crippen LogP contribution >= 0.6 is 0 Å². The molecule has 0 N–H and O–H groups in total. The molecule has 4 rings (SSSR count). The average molecular weight is 336 g/mol. The van der Waals surface area contributed by atoms with Crippen LogP contribution in [0.15, 0.2) is 42.9 Å². The van der Waals surface area contributed by atoms with Crippen LogP contribution in [0.1, 0.15) is 19.8 Å². The predicted molar refractivity (Wildman–Crippen MR) is 99.8 cm³/mol. The van der Waals surface area contributed by atoms with Gasteiger partial charge >= 0.3 is 0 Å². The molecule has 0 saturated carbocycles. The third-order valence-electron chi connectivity index (χ3n) is 4.95. The molecule has 0 amide bonds. The van der Waals surface area contributed by atoms with Crippen molar-refractivity contribution in [3.8, 4) is 17.0 Å². The normalized spacial score (nSPS) is 16.4. The lowest BCUT2D eigenvalue weighted by molar-refractivity contribution is 0.115. The molecule has 1 aliphatic rings. The molecule has 0 radical (unpaired) electrons. The monoisotopic (exact) mass is 336 g/mol. The van der Waals surface area contributed by atoms with Crippen LogP contribution < -0.4 is 4.74 Å². The number of fused-ring (bicyclic) bond motifs is 1. The van der Waals surface area contributed by atoms with E-state index in [0.717, 1.165) is 60.5 Å². The Morgan fingerprint density at radius 3 is 2.60 bits per heavy atom. The van der Waals surface area contributed by atoms with Gasteiger partial charge in [-0.05, 0) is 26.8 Å². The van der Waals surface area contributed by atoms with Crippen LogP contribution in [-0.2, 0) is 6.54 Å². The maximum atomic E-state index is 6.36. The van der Waals surface area contributed by atoms with E-state index in [1.165, 1.54) is 0 Å². The van der Waals surface area contributed by atoms with Crippen molar-refractivity contribution in [3.05, 3.63) is 42.9 Å². The van der Waals surface area contributed by atoms with E-state index in [1.54, 1.807) is 0 Å². The summed E-state index contributed by atoms with van der Waals surface area (Å²) < 4.78 is 8.51. The fraction of sp³-hybridized carbons (Fsp3) is 0.400. The molecular formula is C20H24N4O. The SMILES string of the molecule is CCn1cnc2c(-c3ccccc3)ncc(OC3CCN(C)CC3)c21. The standard InChI is InChI=1S/C20H24N4O/c1-3-24-14-22-19-18(15-7-5-4-6-8-15)21-13-17(20(19)24)25-16-9-11-23(2)12-10-16/h4-8,13-14,16H,3,9-12H2,1-2H3. The van der Waals surface area contributed by atoms with E-state index in [1.807, 2.05) is 30.7 Å². The molecule has 3 aromatic rings. The van der Waals surface area contributed by atoms with E-state index in [-0.39, 0.29) is 6.10 Å². The Hall–Kier alpha value is -2.40. The van der Waals surface area contributed by atoms with Gasteiger partial charge in [0.1, 0.15) is 17.1 Å². The topological polar surface area (TPSA) is 43.2 Å². The number of pyridine rings is 1. The van der Waals surface area contributed by atoms with Crippen molar-refractivity contribution in [1.82, 2.24) is 19.4 Å². The van der Waals surface area contributed by atoms with Gasteiger partial charge in [0.2, 0.25) is 0 Å². The number of nitrogens with zero attached hydrogens (tertiary/aromatic N) is 4. The zero-order valence-electron chi connectivity index (χ0n) is 14.9. The van der Waals surface area contributed by atoms with Crippen LogP contribution in [-0.4, -0.2) is 45.7 Å². The molecule has 5 nitrogen and oxygen atoms in total. The van der Waals surface area contributed by atoms with Crippen LogP contribution in [0.2, 0.25) is 0 Å². The van der Waals surface area contributed by atoms with Gasteiger partial charge in [0.05, 0.1) is 18.2 Å². The number of hydrogen-bond donors (Lipinski definition) is 0. The first-order valence-corrected chi connectivity index (χ1v) is 9.00. The lowest BCUT2D eigenvalue weighted by atomic mass is 10.1. The largest absolute Gasteiger partial charge is 0.486 e. The number of likely N-dealkylation sites (tertiary alicyclic amines) is 1. The first-order chi connectivity index (χ1) is 12.3. The molecule has 0 spiro atoms. The fourth-order valence-corrected chi connectivity index (χ4v) is 3.47. The first kappa shape index (κ1) is 16.1. The second-order valence-corrected chi connectivity index (χ2v) is 6.69. The molecule has 2 aromatic heterocycles. The summed E-state index contributed by atoms with van der Waals surface area (Å²) in [5, 5.41) is 0. The van der Waals surface area contributed by atoms with Crippen LogP contribution in [0.4, 0.5) is 0 Å². The summed E-state index contributed by atoms with van der Waals surface area (Å²) in [6.07, 6.45) is 6.12. The molecule has 0 aliphatic carbocycles. The van der Waals surface area contributed by atoms with Crippen LogP contribution in [0.25, 0.3) is 22.3 Å². The van der Waals surface area contributed by atoms with Gasteiger partial charge in [0.15, 0.2) is 5.75 Å². The van der Waals surface area contributed by atoms with E-state index in [0.29, 0.717) is 0 Å². The fourth-order valence-electron chi connectivity index (χ4n) is 3.47. The summed E-state index contributed by atoms with van der Waals surface area (Å²) in [6, 6.07) is 10.2. The summed E-state index contributed by atoms with van der Waals surface area (Å²) in [4.78, 5) is 11.7. The molecule has 1 saturated heterocycles. The quantitative estimate of drug-likeness (QED) is 0.730. The van der Waals surface area contributed by atoms with Gasteiger partial charge in [0, 0.05) is 25.2 Å². The van der Waals surface area contributed by atoms with Crippen molar-refractivity contribution in [3.63, 3.8) is 0 Å². The second kappa shape index (κ2) is 6.84. The Morgan fingerprint density at radius 2 is 1.88 bits per heavy atom. The van der Waals surface area contributed by atoms with Crippen molar-refractivity contribution in [1.29, 1.82) is 0 Å². The number of ether oxygens (including phenoxy) is 1. The highest BCUT2D eigenvalue weighted by Gasteiger charge is 2.21. The van der Waals surface area contributed by atoms with Gasteiger partial charge in [0.25, 0.3) is 0 Å². The Labute approximate surface area is 148 Å². The molecule has 5 heteroatoms. The Kier molecular flexibility index (Phi) is 4.40. The molecule has 25 heavy (non-hydrogen) atoms. The Morgan fingerprint density at radius 1 is 1.12 bits per heavy atom. The molecule has 0 unspecified atom stereocenters. The number of benzene rings is 1. The van der Waals surface area contributed by atoms with Crippen molar-refractivity contribution in [2.24, 2.45) is 0 Å². The maximum absolute atomic E-state index is 6.36. The first-order valence-electron chi connectivity index (χ1n) is 9.00. The van der Waals surface area contributed by atoms with Gasteiger partial charge in [-0.1, -0.05) is 30.3 Å². The number of aryl methyl sites for hydroxylation is 1. The van der Waals surface area contributed by atoms with E-state index in [4.69, 9.17) is 9.72 Å². The third-order valence-corrected chi connectivity index (χ3v) is 4.95. The number of imidazole rings is 1. The smallest absolute Gasteiger partial charge is 0.163 e. The minimum atomic E-state index is 0.254. The number of aromatic nitrogens is 3. The van der Waals surface area contributed by atoms with Crippen molar-refractivity contribution >= 4 is 11.0 Å². The molecule has 0 bridgehead atoms. The van der Waals surface area contributed by atoms with Crippen LogP contribution in [0.5, 0.6) is 5.75 Å². The van der Waals surface area contributed by atoms with E-state index in [9.17, 15) is 0 Å². The maximum Gasteiger partial charge on any atom is 0.163 e. The van der Waals surface area contributed by atoms with Crippen LogP contribution in [0, 0.1) is 0 Å². The van der Waals surface area contributed by atoms with E-state index in [2.05, 4.69) is 40.6 Å². The Bertz CT molecular complexity index is 851. The minimum absolute atomic E-state index is 0.254. The molecule has 1 aromatic carbocycles. The third kappa shape index (κ3) is 3.12. The molecule has 1 aliphatic heterocycles. The average Bonchev–Trinajstić information content (AvgIpc) is 3.09. The van der Waals surface area contributed by atoms with Crippen molar-refractivity contribution in [2.75, 3.05) is 20.1 Å². The van der Waals surface area contributed by atoms with Gasteiger partial charge in [-0.2, -0.15) is 0 Å². The van der Waals surface area contributed by atoms with Crippen molar-refractivity contribution in [2.45, 2.75) is 32.4 Å². The number of piperidine rings is 1. The molecule has 1 fully saturated rings. The summed E-state index contributed by atoms with van der Waals surface area (Å²) in [5.41, 5.74) is 3.96. The van der Waals surface area contributed by atoms with Crippen molar-refractivity contribution < 1.29 is 4.74 Å². The van der Waals surface area contributed by atoms with Gasteiger partial charge in [-0.25, -0.2) is 9.97 Å². The molecule has 0 atom stereocenters. The summed E-state index contributed by atoms with van der Waals surface area (Å²) in [7, 11) is 2.16. The van der Waals surface area contributed by atoms with Gasteiger partial charge in [-0.15, -0.1) is 0 Å². The molecular weight excluding hydrogens is 312 g/mol. The number of hydrogen-bond acceptors (Lipinski definition) is 4. The minimum Gasteiger partial charge on any atom is -0.486 e. The molecule has 130 valence electrons. The van der Waals surface area contributed by atoms with Gasteiger partial charge < -0.3 is 14.2 Å². The predicted octanol–water partition coefficient (Wildman–Crippen LogP) is 3.59. The summed E-state index contributed by atoms with van der Waals surface area (Å²) in [5.74, 6) is 0.851. The summed E-state index contributed by atoms with van der Waals surface area (Å²) in [6.45, 7) is 5.15. The lowest BCUT2D eigenvalue weighted by Crippen LogP contribution is -2.35.